The molecule has 0 amide bonds. The van der Waals surface area contributed by atoms with Crippen molar-refractivity contribution in [1.29, 1.82) is 0 Å². The minimum atomic E-state index is -0.0450. The molecule has 96 valence electrons. The van der Waals surface area contributed by atoms with Crippen molar-refractivity contribution < 1.29 is 0 Å². The van der Waals surface area contributed by atoms with Crippen molar-refractivity contribution in [3.05, 3.63) is 46.7 Å². The largest absolute Gasteiger partial charge is 0.326 e. The molecule has 1 aromatic carbocycles. The Labute approximate surface area is 114 Å². The van der Waals surface area contributed by atoms with Gasteiger partial charge in [0.05, 0.1) is 0 Å². The maximum Gasteiger partial charge on any atom is 0.00971 e. The molecule has 0 aliphatic rings. The molecule has 0 aliphatic carbocycles. The van der Waals surface area contributed by atoms with Crippen LogP contribution in [0.1, 0.15) is 32.3 Å². The lowest BCUT2D eigenvalue weighted by molar-refractivity contribution is 0.459. The number of rotatable bonds is 5. The van der Waals surface area contributed by atoms with Crippen LogP contribution in [0.2, 0.25) is 0 Å². The Hall–Kier alpha value is -1.12. The SMILES string of the molecule is CC(C)(N)CCCc1ccc(-c2ccsc2)cc1. The van der Waals surface area contributed by atoms with E-state index in [9.17, 15) is 0 Å². The number of thiophene rings is 1. The molecular formula is C16H21NS. The van der Waals surface area contributed by atoms with Crippen molar-refractivity contribution in [1.82, 2.24) is 0 Å². The van der Waals surface area contributed by atoms with Gasteiger partial charge in [-0.25, -0.2) is 0 Å². The van der Waals surface area contributed by atoms with Crippen LogP contribution in [0.4, 0.5) is 0 Å². The second kappa shape index (κ2) is 5.68. The van der Waals surface area contributed by atoms with Gasteiger partial charge in [0, 0.05) is 5.54 Å². The molecular weight excluding hydrogens is 238 g/mol. The van der Waals surface area contributed by atoms with Crippen LogP contribution in [0.15, 0.2) is 41.1 Å². The maximum absolute atomic E-state index is 5.99. The molecule has 2 aromatic rings. The minimum Gasteiger partial charge on any atom is -0.326 e. The molecule has 1 nitrogen and oxygen atoms in total. The highest BCUT2D eigenvalue weighted by atomic mass is 32.1. The first kappa shape index (κ1) is 13.3. The van der Waals surface area contributed by atoms with Crippen LogP contribution in [-0.4, -0.2) is 5.54 Å². The highest BCUT2D eigenvalue weighted by Crippen LogP contribution is 2.22. The third-order valence-corrected chi connectivity index (χ3v) is 3.78. The summed E-state index contributed by atoms with van der Waals surface area (Å²) >= 11 is 1.74. The van der Waals surface area contributed by atoms with E-state index >= 15 is 0 Å². The van der Waals surface area contributed by atoms with E-state index in [4.69, 9.17) is 5.73 Å². The molecule has 1 aromatic heterocycles. The Bertz CT molecular complexity index is 463. The van der Waals surface area contributed by atoms with Crippen LogP contribution in [-0.2, 0) is 6.42 Å². The third-order valence-electron chi connectivity index (χ3n) is 3.10. The second-order valence-electron chi connectivity index (χ2n) is 5.55. The van der Waals surface area contributed by atoms with E-state index in [0.29, 0.717) is 0 Å². The number of nitrogens with two attached hydrogens (primary N) is 1. The van der Waals surface area contributed by atoms with Crippen LogP contribution in [0, 0.1) is 0 Å². The second-order valence-corrected chi connectivity index (χ2v) is 6.33. The van der Waals surface area contributed by atoms with E-state index in [2.05, 4.69) is 54.9 Å². The predicted octanol–water partition coefficient (Wildman–Crippen LogP) is 4.48. The summed E-state index contributed by atoms with van der Waals surface area (Å²) in [6.45, 7) is 4.18. The van der Waals surface area contributed by atoms with Crippen molar-refractivity contribution in [2.75, 3.05) is 0 Å². The summed E-state index contributed by atoms with van der Waals surface area (Å²) < 4.78 is 0. The molecule has 0 bridgehead atoms. The molecule has 1 heterocycles. The first-order valence-corrected chi connectivity index (χ1v) is 7.39. The quantitative estimate of drug-likeness (QED) is 0.842. The molecule has 0 saturated heterocycles. The van der Waals surface area contributed by atoms with Gasteiger partial charge in [0.2, 0.25) is 0 Å². The standard InChI is InChI=1S/C16H21NS/c1-16(2,17)10-3-4-13-5-7-14(8-6-13)15-9-11-18-12-15/h5-9,11-12H,3-4,10,17H2,1-2H3. The number of hydrogen-bond donors (Lipinski definition) is 1. The zero-order valence-corrected chi connectivity index (χ0v) is 12.0. The molecule has 2 N–H and O–H groups in total. The lowest BCUT2D eigenvalue weighted by Crippen LogP contribution is -2.31. The van der Waals surface area contributed by atoms with Crippen LogP contribution in [0.3, 0.4) is 0 Å². The highest BCUT2D eigenvalue weighted by molar-refractivity contribution is 7.08. The Balaban J connectivity index is 1.92. The molecule has 0 unspecified atom stereocenters. The molecule has 2 rings (SSSR count). The maximum atomic E-state index is 5.99. The first-order valence-electron chi connectivity index (χ1n) is 6.45. The van der Waals surface area contributed by atoms with Crippen molar-refractivity contribution >= 4 is 11.3 Å². The summed E-state index contributed by atoms with van der Waals surface area (Å²) in [6.07, 6.45) is 3.34. The van der Waals surface area contributed by atoms with Crippen LogP contribution in [0.5, 0.6) is 0 Å². The van der Waals surface area contributed by atoms with Crippen molar-refractivity contribution in [3.63, 3.8) is 0 Å². The van der Waals surface area contributed by atoms with E-state index in [1.165, 1.54) is 16.7 Å². The molecule has 18 heavy (non-hydrogen) atoms. The van der Waals surface area contributed by atoms with Crippen LogP contribution < -0.4 is 5.73 Å². The average Bonchev–Trinajstić information content (AvgIpc) is 2.82. The van der Waals surface area contributed by atoms with Gasteiger partial charge in [0.1, 0.15) is 0 Å². The van der Waals surface area contributed by atoms with Crippen LogP contribution in [0.25, 0.3) is 11.1 Å². The molecule has 0 saturated carbocycles. The number of benzene rings is 1. The van der Waals surface area contributed by atoms with E-state index < -0.39 is 0 Å². The van der Waals surface area contributed by atoms with Gasteiger partial charge in [-0.3, -0.25) is 0 Å². The highest BCUT2D eigenvalue weighted by Gasteiger charge is 2.09. The van der Waals surface area contributed by atoms with Gasteiger partial charge in [0.25, 0.3) is 0 Å². The van der Waals surface area contributed by atoms with Gasteiger partial charge < -0.3 is 5.73 Å². The lowest BCUT2D eigenvalue weighted by Gasteiger charge is -2.17. The van der Waals surface area contributed by atoms with E-state index in [1.54, 1.807) is 11.3 Å². The molecule has 0 atom stereocenters. The smallest absolute Gasteiger partial charge is 0.00971 e. The zero-order chi connectivity index (χ0) is 13.0. The number of hydrogen-bond acceptors (Lipinski definition) is 2. The third kappa shape index (κ3) is 3.97. The molecule has 0 spiro atoms. The molecule has 0 radical (unpaired) electrons. The Morgan fingerprint density at radius 2 is 1.78 bits per heavy atom. The van der Waals surface area contributed by atoms with Crippen molar-refractivity contribution in [2.24, 2.45) is 5.73 Å². The first-order chi connectivity index (χ1) is 8.54. The molecule has 2 heteroatoms. The van der Waals surface area contributed by atoms with Crippen molar-refractivity contribution in [3.8, 4) is 11.1 Å². The summed E-state index contributed by atoms with van der Waals surface area (Å²) in [7, 11) is 0. The van der Waals surface area contributed by atoms with E-state index in [1.807, 2.05) is 0 Å². The number of aryl methyl sites for hydroxylation is 1. The predicted molar refractivity (Wildman–Crippen MR) is 81.0 cm³/mol. The summed E-state index contributed by atoms with van der Waals surface area (Å²) in [6, 6.07) is 11.1. The molecule has 0 fully saturated rings. The fourth-order valence-electron chi connectivity index (χ4n) is 2.04. The topological polar surface area (TPSA) is 26.0 Å². The summed E-state index contributed by atoms with van der Waals surface area (Å²) in [5.41, 5.74) is 9.96. The summed E-state index contributed by atoms with van der Waals surface area (Å²) in [5, 5.41) is 4.30. The summed E-state index contributed by atoms with van der Waals surface area (Å²) in [4.78, 5) is 0. The fourth-order valence-corrected chi connectivity index (χ4v) is 2.71. The van der Waals surface area contributed by atoms with Crippen molar-refractivity contribution in [2.45, 2.75) is 38.6 Å². The Morgan fingerprint density at radius 3 is 2.33 bits per heavy atom. The van der Waals surface area contributed by atoms with E-state index in [-0.39, 0.29) is 5.54 Å². The fraction of sp³-hybridized carbons (Fsp3) is 0.375. The van der Waals surface area contributed by atoms with Gasteiger partial charge in [-0.1, -0.05) is 24.3 Å². The minimum absolute atomic E-state index is 0.0450. The van der Waals surface area contributed by atoms with E-state index in [0.717, 1.165) is 19.3 Å². The lowest BCUT2D eigenvalue weighted by atomic mass is 9.96. The average molecular weight is 259 g/mol. The van der Waals surface area contributed by atoms with Gasteiger partial charge in [-0.2, -0.15) is 11.3 Å². The zero-order valence-electron chi connectivity index (χ0n) is 11.1. The normalized spacial score (nSPS) is 11.7. The monoisotopic (exact) mass is 259 g/mol. The Morgan fingerprint density at radius 1 is 1.06 bits per heavy atom. The van der Waals surface area contributed by atoms with Gasteiger partial charge >= 0.3 is 0 Å². The van der Waals surface area contributed by atoms with Gasteiger partial charge in [0.15, 0.2) is 0 Å². The molecule has 0 aliphatic heterocycles. The van der Waals surface area contributed by atoms with Crippen LogP contribution >= 0.6 is 11.3 Å². The van der Waals surface area contributed by atoms with Gasteiger partial charge in [-0.15, -0.1) is 0 Å². The van der Waals surface area contributed by atoms with Gasteiger partial charge in [-0.05, 0) is 66.6 Å². The Kier molecular flexibility index (Phi) is 4.20. The summed E-state index contributed by atoms with van der Waals surface area (Å²) in [5.74, 6) is 0.